The van der Waals surface area contributed by atoms with Crippen molar-refractivity contribution >= 4 is 24.3 Å². The van der Waals surface area contributed by atoms with E-state index in [1.54, 1.807) is 6.92 Å². The van der Waals surface area contributed by atoms with Crippen LogP contribution in [0, 0.1) is 6.92 Å². The van der Waals surface area contributed by atoms with Crippen LogP contribution in [0.3, 0.4) is 0 Å². The number of aromatic carboxylic acids is 1. The van der Waals surface area contributed by atoms with E-state index in [0.29, 0.717) is 11.1 Å². The molecule has 88 valence electrons. The second-order valence-electron chi connectivity index (χ2n) is 3.19. The van der Waals surface area contributed by atoms with Crippen LogP contribution in [0.4, 0.5) is 0 Å². The molecular weight excluding hydrogens is 234 g/mol. The van der Waals surface area contributed by atoms with Gasteiger partial charge in [0.05, 0.1) is 5.56 Å². The molecule has 1 aromatic carbocycles. The lowest BCUT2D eigenvalue weighted by atomic mass is 9.99. The summed E-state index contributed by atoms with van der Waals surface area (Å²) in [6.07, 6.45) is 0. The molecule has 0 aliphatic rings. The summed E-state index contributed by atoms with van der Waals surface area (Å²) in [5, 5.41) is 17.4. The van der Waals surface area contributed by atoms with Crippen molar-refractivity contribution in [3.05, 3.63) is 34.9 Å². The molecule has 5 nitrogen and oxygen atoms in total. The summed E-state index contributed by atoms with van der Waals surface area (Å²) in [4.78, 5) is 21.3. The summed E-state index contributed by atoms with van der Waals surface area (Å²) in [5.74, 6) is -2.19. The molecule has 1 aromatic rings. The standard InChI is InChI=1S/C10H11NO4.ClH/c1-5-4-6(9(12)13)2-3-7(5)8(11)10(14)15;/h2-4,8H,11H2,1H3,(H,12,13)(H,14,15);1H. The fourth-order valence-electron chi connectivity index (χ4n) is 1.29. The maximum atomic E-state index is 10.6. The van der Waals surface area contributed by atoms with Crippen molar-refractivity contribution in [1.29, 1.82) is 0 Å². The number of rotatable bonds is 3. The summed E-state index contributed by atoms with van der Waals surface area (Å²) in [6.45, 7) is 1.63. The lowest BCUT2D eigenvalue weighted by Gasteiger charge is -2.10. The summed E-state index contributed by atoms with van der Waals surface area (Å²) in [5.41, 5.74) is 6.52. The van der Waals surface area contributed by atoms with Crippen LogP contribution < -0.4 is 5.73 Å². The van der Waals surface area contributed by atoms with Crippen LogP contribution in [-0.4, -0.2) is 22.2 Å². The maximum absolute atomic E-state index is 10.6. The molecule has 16 heavy (non-hydrogen) atoms. The summed E-state index contributed by atoms with van der Waals surface area (Å²) < 4.78 is 0. The van der Waals surface area contributed by atoms with E-state index in [1.165, 1.54) is 18.2 Å². The van der Waals surface area contributed by atoms with Gasteiger partial charge in [-0.2, -0.15) is 0 Å². The topological polar surface area (TPSA) is 101 Å². The van der Waals surface area contributed by atoms with Gasteiger partial charge in [0.1, 0.15) is 6.04 Å². The first kappa shape index (κ1) is 14.4. The first-order valence-electron chi connectivity index (χ1n) is 4.25. The van der Waals surface area contributed by atoms with Gasteiger partial charge in [-0.3, -0.25) is 4.79 Å². The van der Waals surface area contributed by atoms with Crippen LogP contribution in [0.15, 0.2) is 18.2 Å². The van der Waals surface area contributed by atoms with Gasteiger partial charge in [-0.1, -0.05) is 6.07 Å². The Bertz CT molecular complexity index is 419. The lowest BCUT2D eigenvalue weighted by molar-refractivity contribution is -0.138. The van der Waals surface area contributed by atoms with Crippen molar-refractivity contribution in [2.75, 3.05) is 0 Å². The summed E-state index contributed by atoms with van der Waals surface area (Å²) >= 11 is 0. The van der Waals surface area contributed by atoms with E-state index >= 15 is 0 Å². The van der Waals surface area contributed by atoms with Crippen molar-refractivity contribution in [3.63, 3.8) is 0 Å². The van der Waals surface area contributed by atoms with Gasteiger partial charge in [-0.15, -0.1) is 12.4 Å². The molecule has 0 saturated heterocycles. The number of carbonyl (C=O) groups is 2. The van der Waals surface area contributed by atoms with E-state index in [-0.39, 0.29) is 18.0 Å². The molecule has 1 atom stereocenters. The molecule has 1 rings (SSSR count). The highest BCUT2D eigenvalue weighted by molar-refractivity contribution is 5.88. The Kier molecular flexibility index (Phi) is 4.94. The van der Waals surface area contributed by atoms with E-state index in [9.17, 15) is 9.59 Å². The minimum atomic E-state index is -1.14. The van der Waals surface area contributed by atoms with Gasteiger partial charge in [-0.05, 0) is 30.2 Å². The molecule has 0 aliphatic heterocycles. The Morgan fingerprint density at radius 3 is 2.25 bits per heavy atom. The minimum absolute atomic E-state index is 0. The quantitative estimate of drug-likeness (QED) is 0.743. The zero-order valence-corrected chi connectivity index (χ0v) is 9.32. The molecule has 0 aromatic heterocycles. The molecule has 0 spiro atoms. The molecule has 0 fully saturated rings. The van der Waals surface area contributed by atoms with Gasteiger partial charge in [0.2, 0.25) is 0 Å². The first-order chi connectivity index (χ1) is 6.93. The Morgan fingerprint density at radius 1 is 1.31 bits per heavy atom. The Labute approximate surface area is 98.3 Å². The highest BCUT2D eigenvalue weighted by Gasteiger charge is 2.17. The van der Waals surface area contributed by atoms with Crippen molar-refractivity contribution in [1.82, 2.24) is 0 Å². The van der Waals surface area contributed by atoms with E-state index in [0.717, 1.165) is 0 Å². The SMILES string of the molecule is Cc1cc(C(=O)O)ccc1C(N)C(=O)O.Cl. The molecule has 0 bridgehead atoms. The molecule has 0 aliphatic carbocycles. The van der Waals surface area contributed by atoms with Gasteiger partial charge in [0.15, 0.2) is 0 Å². The molecular formula is C10H12ClNO4. The van der Waals surface area contributed by atoms with Gasteiger partial charge in [0.25, 0.3) is 0 Å². The van der Waals surface area contributed by atoms with Crippen LogP contribution in [-0.2, 0) is 4.79 Å². The number of halogens is 1. The van der Waals surface area contributed by atoms with Crippen molar-refractivity contribution in [2.45, 2.75) is 13.0 Å². The normalized spacial score (nSPS) is 11.4. The van der Waals surface area contributed by atoms with Crippen molar-refractivity contribution < 1.29 is 19.8 Å². The van der Waals surface area contributed by atoms with E-state index < -0.39 is 18.0 Å². The fourth-order valence-corrected chi connectivity index (χ4v) is 1.29. The van der Waals surface area contributed by atoms with Gasteiger partial charge < -0.3 is 15.9 Å². The predicted octanol–water partition coefficient (Wildman–Crippen LogP) is 1.20. The molecule has 0 radical (unpaired) electrons. The van der Waals surface area contributed by atoms with Crippen LogP contribution in [0.2, 0.25) is 0 Å². The van der Waals surface area contributed by atoms with E-state index in [4.69, 9.17) is 15.9 Å². The second-order valence-corrected chi connectivity index (χ2v) is 3.19. The number of aliphatic carboxylic acids is 1. The third-order valence-electron chi connectivity index (χ3n) is 2.12. The number of carboxylic acids is 2. The van der Waals surface area contributed by atoms with Gasteiger partial charge in [-0.25, -0.2) is 4.79 Å². The van der Waals surface area contributed by atoms with Crippen LogP contribution in [0.1, 0.15) is 27.5 Å². The first-order valence-corrected chi connectivity index (χ1v) is 4.25. The Hall–Kier alpha value is -1.59. The molecule has 0 amide bonds. The lowest BCUT2D eigenvalue weighted by Crippen LogP contribution is -2.21. The highest BCUT2D eigenvalue weighted by Crippen LogP contribution is 2.17. The number of carboxylic acid groups (broad SMARTS) is 2. The van der Waals surface area contributed by atoms with Crippen LogP contribution >= 0.6 is 12.4 Å². The molecule has 0 saturated carbocycles. The zero-order valence-electron chi connectivity index (χ0n) is 8.51. The zero-order chi connectivity index (χ0) is 11.6. The highest BCUT2D eigenvalue weighted by atomic mass is 35.5. The average Bonchev–Trinajstić information content (AvgIpc) is 2.16. The average molecular weight is 246 g/mol. The minimum Gasteiger partial charge on any atom is -0.480 e. The van der Waals surface area contributed by atoms with Gasteiger partial charge >= 0.3 is 11.9 Å². The van der Waals surface area contributed by atoms with Crippen LogP contribution in [0.5, 0.6) is 0 Å². The van der Waals surface area contributed by atoms with Crippen molar-refractivity contribution in [3.8, 4) is 0 Å². The predicted molar refractivity (Wildman–Crippen MR) is 60.0 cm³/mol. The second kappa shape index (κ2) is 5.48. The van der Waals surface area contributed by atoms with Crippen molar-refractivity contribution in [2.24, 2.45) is 5.73 Å². The smallest absolute Gasteiger partial charge is 0.335 e. The number of hydrogen-bond donors (Lipinski definition) is 3. The summed E-state index contributed by atoms with van der Waals surface area (Å²) in [7, 11) is 0. The summed E-state index contributed by atoms with van der Waals surface area (Å²) in [6, 6.07) is 3.05. The van der Waals surface area contributed by atoms with Crippen LogP contribution in [0.25, 0.3) is 0 Å². The third kappa shape index (κ3) is 2.95. The number of hydrogen-bond acceptors (Lipinski definition) is 3. The molecule has 1 unspecified atom stereocenters. The largest absolute Gasteiger partial charge is 0.480 e. The fraction of sp³-hybridized carbons (Fsp3) is 0.200. The molecule has 4 N–H and O–H groups in total. The number of benzene rings is 1. The monoisotopic (exact) mass is 245 g/mol. The maximum Gasteiger partial charge on any atom is 0.335 e. The number of nitrogens with two attached hydrogens (primary N) is 1. The van der Waals surface area contributed by atoms with E-state index in [2.05, 4.69) is 0 Å². The third-order valence-corrected chi connectivity index (χ3v) is 2.12. The molecule has 0 heterocycles. The number of aryl methyl sites for hydroxylation is 1. The Morgan fingerprint density at radius 2 is 1.88 bits per heavy atom. The Balaban J connectivity index is 0.00000225. The van der Waals surface area contributed by atoms with E-state index in [1.807, 2.05) is 0 Å². The van der Waals surface area contributed by atoms with Gasteiger partial charge in [0, 0.05) is 0 Å². The molecule has 6 heteroatoms.